The first-order chi connectivity index (χ1) is 14.1. The topological polar surface area (TPSA) is 77.7 Å². The minimum atomic E-state index is -0.240. The van der Waals surface area contributed by atoms with Crippen LogP contribution in [0, 0.1) is 0 Å². The standard InChI is InChI=1S/C21H20ClN3O4/c1-27-16-8-4-14(5-9-16)20-23-21(29-24-20)18-3-2-12-25(18)19(26)13-28-17-10-6-15(22)7-11-17/h4-11,18H,2-3,12-13H2,1H3/t18-/m1/s1. The molecule has 0 N–H and O–H groups in total. The first-order valence-corrected chi connectivity index (χ1v) is 9.68. The zero-order valence-corrected chi connectivity index (χ0v) is 16.6. The molecule has 8 heteroatoms. The molecule has 1 aromatic heterocycles. The van der Waals surface area contributed by atoms with E-state index in [-0.39, 0.29) is 18.6 Å². The molecule has 1 atom stereocenters. The van der Waals surface area contributed by atoms with Gasteiger partial charge in [-0.1, -0.05) is 16.8 Å². The van der Waals surface area contributed by atoms with E-state index in [0.717, 1.165) is 24.2 Å². The Kier molecular flexibility index (Phi) is 5.67. The molecule has 2 aromatic carbocycles. The van der Waals surface area contributed by atoms with Gasteiger partial charge >= 0.3 is 0 Å². The van der Waals surface area contributed by atoms with E-state index in [1.807, 2.05) is 24.3 Å². The number of carbonyl (C=O) groups excluding carboxylic acids is 1. The van der Waals surface area contributed by atoms with E-state index in [1.165, 1.54) is 0 Å². The molecule has 4 rings (SSSR count). The van der Waals surface area contributed by atoms with E-state index >= 15 is 0 Å². The van der Waals surface area contributed by atoms with Gasteiger partial charge in [-0.2, -0.15) is 4.98 Å². The third-order valence-corrected chi connectivity index (χ3v) is 5.08. The van der Waals surface area contributed by atoms with E-state index in [1.54, 1.807) is 36.3 Å². The second kappa shape index (κ2) is 8.53. The normalized spacial score (nSPS) is 16.1. The fourth-order valence-corrected chi connectivity index (χ4v) is 3.43. The molecule has 1 amide bonds. The number of nitrogens with zero attached hydrogens (tertiary/aromatic N) is 3. The van der Waals surface area contributed by atoms with Crippen LogP contribution in [-0.4, -0.2) is 41.2 Å². The summed E-state index contributed by atoms with van der Waals surface area (Å²) in [6.07, 6.45) is 1.65. The lowest BCUT2D eigenvalue weighted by Crippen LogP contribution is -2.34. The zero-order chi connectivity index (χ0) is 20.2. The molecule has 150 valence electrons. The third-order valence-electron chi connectivity index (χ3n) is 4.82. The lowest BCUT2D eigenvalue weighted by molar-refractivity contribution is -0.134. The molecule has 0 radical (unpaired) electrons. The molecule has 29 heavy (non-hydrogen) atoms. The number of hydrogen-bond acceptors (Lipinski definition) is 6. The van der Waals surface area contributed by atoms with Gasteiger partial charge < -0.3 is 18.9 Å². The molecule has 0 saturated carbocycles. The number of likely N-dealkylation sites (tertiary alicyclic amines) is 1. The highest BCUT2D eigenvalue weighted by atomic mass is 35.5. The first kappa shape index (κ1) is 19.3. The van der Waals surface area contributed by atoms with E-state index in [2.05, 4.69) is 10.1 Å². The fraction of sp³-hybridized carbons (Fsp3) is 0.286. The molecule has 3 aromatic rings. The minimum Gasteiger partial charge on any atom is -0.497 e. The second-order valence-electron chi connectivity index (χ2n) is 6.67. The average molecular weight is 414 g/mol. The maximum atomic E-state index is 12.7. The summed E-state index contributed by atoms with van der Waals surface area (Å²) in [6, 6.07) is 14.1. The van der Waals surface area contributed by atoms with Crippen LogP contribution < -0.4 is 9.47 Å². The Morgan fingerprint density at radius 2 is 1.90 bits per heavy atom. The molecule has 1 aliphatic heterocycles. The van der Waals surface area contributed by atoms with Gasteiger partial charge in [-0.25, -0.2) is 0 Å². The van der Waals surface area contributed by atoms with Crippen LogP contribution in [0.5, 0.6) is 11.5 Å². The van der Waals surface area contributed by atoms with Gasteiger partial charge in [0.05, 0.1) is 7.11 Å². The molecular weight excluding hydrogens is 394 g/mol. The van der Waals surface area contributed by atoms with Crippen molar-refractivity contribution in [3.63, 3.8) is 0 Å². The van der Waals surface area contributed by atoms with E-state index in [4.69, 9.17) is 25.6 Å². The monoisotopic (exact) mass is 413 g/mol. The van der Waals surface area contributed by atoms with Crippen LogP contribution in [0.2, 0.25) is 5.02 Å². The summed E-state index contributed by atoms with van der Waals surface area (Å²) in [5, 5.41) is 4.69. The van der Waals surface area contributed by atoms with Crippen LogP contribution >= 0.6 is 11.6 Å². The van der Waals surface area contributed by atoms with Gasteiger partial charge in [0.2, 0.25) is 11.7 Å². The van der Waals surface area contributed by atoms with Crippen LogP contribution in [0.25, 0.3) is 11.4 Å². The van der Waals surface area contributed by atoms with Gasteiger partial charge in [0, 0.05) is 17.1 Å². The average Bonchev–Trinajstić information content (AvgIpc) is 3.43. The molecule has 1 aliphatic rings. The van der Waals surface area contributed by atoms with Crippen LogP contribution in [-0.2, 0) is 4.79 Å². The van der Waals surface area contributed by atoms with Crippen molar-refractivity contribution in [3.05, 3.63) is 59.4 Å². The molecule has 1 fully saturated rings. The lowest BCUT2D eigenvalue weighted by Gasteiger charge is -2.21. The molecule has 0 aliphatic carbocycles. The van der Waals surface area contributed by atoms with Crippen LogP contribution in [0.15, 0.2) is 53.1 Å². The number of methoxy groups -OCH3 is 1. The number of hydrogen-bond donors (Lipinski definition) is 0. The van der Waals surface area contributed by atoms with Gasteiger partial charge in [0.1, 0.15) is 17.5 Å². The molecule has 2 heterocycles. The van der Waals surface area contributed by atoms with Gasteiger partial charge in [0.25, 0.3) is 5.91 Å². The van der Waals surface area contributed by atoms with Crippen molar-refractivity contribution in [2.24, 2.45) is 0 Å². The Hall–Kier alpha value is -3.06. The van der Waals surface area contributed by atoms with Crippen molar-refractivity contribution in [3.8, 4) is 22.9 Å². The van der Waals surface area contributed by atoms with Gasteiger partial charge in [-0.15, -0.1) is 0 Å². The fourth-order valence-electron chi connectivity index (χ4n) is 3.31. The summed E-state index contributed by atoms with van der Waals surface area (Å²) in [5.74, 6) is 2.16. The number of amides is 1. The summed E-state index contributed by atoms with van der Waals surface area (Å²) in [4.78, 5) is 18.9. The summed E-state index contributed by atoms with van der Waals surface area (Å²) in [5.41, 5.74) is 0.822. The molecule has 1 saturated heterocycles. The van der Waals surface area contributed by atoms with Gasteiger partial charge in [0.15, 0.2) is 6.61 Å². The van der Waals surface area contributed by atoms with Crippen molar-refractivity contribution in [1.82, 2.24) is 15.0 Å². The molecule has 0 bridgehead atoms. The predicted molar refractivity (Wildman–Crippen MR) is 107 cm³/mol. The minimum absolute atomic E-state index is 0.0579. The third kappa shape index (κ3) is 4.35. The second-order valence-corrected chi connectivity index (χ2v) is 7.11. The maximum Gasteiger partial charge on any atom is 0.261 e. The Bertz CT molecular complexity index is 972. The van der Waals surface area contributed by atoms with Crippen LogP contribution in [0.1, 0.15) is 24.8 Å². The number of aromatic nitrogens is 2. The van der Waals surface area contributed by atoms with E-state index in [0.29, 0.717) is 29.0 Å². The number of benzene rings is 2. The molecule has 0 spiro atoms. The van der Waals surface area contributed by atoms with Crippen molar-refractivity contribution in [2.45, 2.75) is 18.9 Å². The number of halogens is 1. The van der Waals surface area contributed by atoms with Crippen LogP contribution in [0.3, 0.4) is 0 Å². The summed E-state index contributed by atoms with van der Waals surface area (Å²) >= 11 is 5.87. The van der Waals surface area contributed by atoms with Gasteiger partial charge in [-0.3, -0.25) is 4.79 Å². The summed E-state index contributed by atoms with van der Waals surface area (Å²) < 4.78 is 16.2. The Labute approximate surface area is 173 Å². The number of rotatable bonds is 6. The smallest absolute Gasteiger partial charge is 0.261 e. The highest BCUT2D eigenvalue weighted by Crippen LogP contribution is 2.32. The predicted octanol–water partition coefficient (Wildman–Crippen LogP) is 4.14. The van der Waals surface area contributed by atoms with Crippen molar-refractivity contribution in [2.75, 3.05) is 20.3 Å². The Morgan fingerprint density at radius 3 is 2.62 bits per heavy atom. The maximum absolute atomic E-state index is 12.7. The van der Waals surface area contributed by atoms with Crippen molar-refractivity contribution in [1.29, 1.82) is 0 Å². The highest BCUT2D eigenvalue weighted by molar-refractivity contribution is 6.30. The van der Waals surface area contributed by atoms with E-state index in [9.17, 15) is 4.79 Å². The van der Waals surface area contributed by atoms with Crippen molar-refractivity contribution < 1.29 is 18.8 Å². The largest absolute Gasteiger partial charge is 0.497 e. The van der Waals surface area contributed by atoms with Crippen LogP contribution in [0.4, 0.5) is 0 Å². The zero-order valence-electron chi connectivity index (χ0n) is 15.9. The summed E-state index contributed by atoms with van der Waals surface area (Å²) in [7, 11) is 1.61. The first-order valence-electron chi connectivity index (χ1n) is 9.30. The van der Waals surface area contributed by atoms with E-state index < -0.39 is 0 Å². The Morgan fingerprint density at radius 1 is 1.17 bits per heavy atom. The summed E-state index contributed by atoms with van der Waals surface area (Å²) in [6.45, 7) is 0.575. The van der Waals surface area contributed by atoms with Crippen molar-refractivity contribution >= 4 is 17.5 Å². The highest BCUT2D eigenvalue weighted by Gasteiger charge is 2.34. The SMILES string of the molecule is COc1ccc(-c2noc([C@H]3CCCN3C(=O)COc3ccc(Cl)cc3)n2)cc1. The lowest BCUT2D eigenvalue weighted by atomic mass is 10.2. The molecule has 7 nitrogen and oxygen atoms in total. The number of ether oxygens (including phenoxy) is 2. The number of carbonyl (C=O) groups is 1. The Balaban J connectivity index is 1.43. The molecule has 0 unspecified atom stereocenters. The quantitative estimate of drug-likeness (QED) is 0.604. The van der Waals surface area contributed by atoms with Gasteiger partial charge in [-0.05, 0) is 61.4 Å². The molecular formula is C21H20ClN3O4.